The van der Waals surface area contributed by atoms with Gasteiger partial charge >= 0.3 is 5.97 Å². The van der Waals surface area contributed by atoms with E-state index in [4.69, 9.17) is 5.11 Å². The maximum absolute atomic E-state index is 11.8. The van der Waals surface area contributed by atoms with Gasteiger partial charge in [0.2, 0.25) is 0 Å². The van der Waals surface area contributed by atoms with Crippen LogP contribution in [0.4, 0.5) is 0 Å². The standard InChI is InChI=1S/C13H10BrNO3/c14-11-2-1-7-15(12(11)16)8-9-3-5-10(6-4-9)13(17)18/h1-7H,8H2,(H,17,18). The van der Waals surface area contributed by atoms with E-state index in [1.165, 1.54) is 12.1 Å². The minimum absolute atomic E-state index is 0.111. The molecule has 0 spiro atoms. The number of carbonyl (C=O) groups is 1. The van der Waals surface area contributed by atoms with Crippen LogP contribution in [-0.2, 0) is 6.54 Å². The van der Waals surface area contributed by atoms with Crippen molar-refractivity contribution in [3.63, 3.8) is 0 Å². The molecule has 0 aliphatic heterocycles. The zero-order valence-electron chi connectivity index (χ0n) is 9.34. The molecule has 0 amide bonds. The van der Waals surface area contributed by atoms with E-state index in [1.807, 2.05) is 0 Å². The van der Waals surface area contributed by atoms with Crippen molar-refractivity contribution >= 4 is 21.9 Å². The number of aromatic nitrogens is 1. The Labute approximate surface area is 112 Å². The molecule has 18 heavy (non-hydrogen) atoms. The Morgan fingerprint density at radius 1 is 1.22 bits per heavy atom. The van der Waals surface area contributed by atoms with Crippen molar-refractivity contribution in [1.82, 2.24) is 4.57 Å². The average Bonchev–Trinajstić information content (AvgIpc) is 2.36. The Morgan fingerprint density at radius 3 is 2.50 bits per heavy atom. The molecule has 1 aromatic carbocycles. The molecule has 4 nitrogen and oxygen atoms in total. The molecule has 0 bridgehead atoms. The highest BCUT2D eigenvalue weighted by Crippen LogP contribution is 2.07. The molecular formula is C13H10BrNO3. The monoisotopic (exact) mass is 307 g/mol. The fraction of sp³-hybridized carbons (Fsp3) is 0.0769. The van der Waals surface area contributed by atoms with Gasteiger partial charge in [-0.2, -0.15) is 0 Å². The third-order valence-electron chi connectivity index (χ3n) is 2.53. The summed E-state index contributed by atoms with van der Waals surface area (Å²) >= 11 is 3.18. The first-order chi connectivity index (χ1) is 8.58. The van der Waals surface area contributed by atoms with Gasteiger partial charge in [0.25, 0.3) is 5.56 Å². The summed E-state index contributed by atoms with van der Waals surface area (Å²) in [5, 5.41) is 8.78. The first-order valence-corrected chi connectivity index (χ1v) is 6.04. The highest BCUT2D eigenvalue weighted by molar-refractivity contribution is 9.10. The summed E-state index contributed by atoms with van der Waals surface area (Å²) in [6.45, 7) is 0.415. The van der Waals surface area contributed by atoms with Gasteiger partial charge in [0, 0.05) is 6.20 Å². The van der Waals surface area contributed by atoms with E-state index in [9.17, 15) is 9.59 Å². The maximum Gasteiger partial charge on any atom is 0.335 e. The van der Waals surface area contributed by atoms with Gasteiger partial charge in [0.1, 0.15) is 0 Å². The maximum atomic E-state index is 11.8. The van der Waals surface area contributed by atoms with Gasteiger partial charge < -0.3 is 9.67 Å². The molecule has 2 rings (SSSR count). The van der Waals surface area contributed by atoms with Crippen molar-refractivity contribution in [2.45, 2.75) is 6.54 Å². The summed E-state index contributed by atoms with van der Waals surface area (Å²) in [5.41, 5.74) is 1.00. The molecule has 0 aliphatic rings. The lowest BCUT2D eigenvalue weighted by Gasteiger charge is -2.06. The van der Waals surface area contributed by atoms with Crippen LogP contribution in [0.15, 0.2) is 51.9 Å². The molecule has 1 aromatic heterocycles. The minimum atomic E-state index is -0.957. The Balaban J connectivity index is 2.26. The van der Waals surface area contributed by atoms with Crippen molar-refractivity contribution in [2.24, 2.45) is 0 Å². The van der Waals surface area contributed by atoms with Gasteiger partial charge in [-0.15, -0.1) is 0 Å². The van der Waals surface area contributed by atoms with Crippen molar-refractivity contribution in [2.75, 3.05) is 0 Å². The number of pyridine rings is 1. The number of hydrogen-bond acceptors (Lipinski definition) is 2. The van der Waals surface area contributed by atoms with Crippen molar-refractivity contribution < 1.29 is 9.90 Å². The van der Waals surface area contributed by atoms with Crippen LogP contribution in [0.2, 0.25) is 0 Å². The smallest absolute Gasteiger partial charge is 0.335 e. The quantitative estimate of drug-likeness (QED) is 0.947. The zero-order chi connectivity index (χ0) is 13.1. The summed E-state index contributed by atoms with van der Waals surface area (Å²) in [7, 11) is 0. The van der Waals surface area contributed by atoms with Gasteiger partial charge in [-0.3, -0.25) is 4.79 Å². The largest absolute Gasteiger partial charge is 0.478 e. The summed E-state index contributed by atoms with van der Waals surface area (Å²) in [5.74, 6) is -0.957. The highest BCUT2D eigenvalue weighted by atomic mass is 79.9. The first-order valence-electron chi connectivity index (χ1n) is 5.25. The summed E-state index contributed by atoms with van der Waals surface area (Å²) in [4.78, 5) is 22.5. The molecule has 0 saturated carbocycles. The molecule has 0 unspecified atom stereocenters. The van der Waals surface area contributed by atoms with Gasteiger partial charge in [0.05, 0.1) is 16.6 Å². The lowest BCUT2D eigenvalue weighted by molar-refractivity contribution is 0.0697. The summed E-state index contributed by atoms with van der Waals surface area (Å²) < 4.78 is 2.06. The zero-order valence-corrected chi connectivity index (χ0v) is 10.9. The lowest BCUT2D eigenvalue weighted by atomic mass is 10.1. The molecule has 92 valence electrons. The van der Waals surface area contributed by atoms with E-state index in [0.717, 1.165) is 5.56 Å². The van der Waals surface area contributed by atoms with Crippen molar-refractivity contribution in [1.29, 1.82) is 0 Å². The molecular weight excluding hydrogens is 298 g/mol. The van der Waals surface area contributed by atoms with Crippen LogP contribution in [0.5, 0.6) is 0 Å². The Morgan fingerprint density at radius 2 is 1.89 bits per heavy atom. The highest BCUT2D eigenvalue weighted by Gasteiger charge is 2.04. The fourth-order valence-electron chi connectivity index (χ4n) is 1.58. The molecule has 0 atom stereocenters. The van der Waals surface area contributed by atoms with E-state index in [2.05, 4.69) is 15.9 Å². The predicted octanol–water partition coefficient (Wildman–Crippen LogP) is 2.36. The van der Waals surface area contributed by atoms with E-state index in [0.29, 0.717) is 11.0 Å². The Hall–Kier alpha value is -1.88. The van der Waals surface area contributed by atoms with E-state index in [-0.39, 0.29) is 11.1 Å². The third kappa shape index (κ3) is 2.68. The van der Waals surface area contributed by atoms with Crippen LogP contribution >= 0.6 is 15.9 Å². The molecule has 1 N–H and O–H groups in total. The van der Waals surface area contributed by atoms with E-state index >= 15 is 0 Å². The van der Waals surface area contributed by atoms with Gasteiger partial charge in [-0.05, 0) is 45.8 Å². The summed E-state index contributed by atoms with van der Waals surface area (Å²) in [6, 6.07) is 9.93. The molecule has 0 fully saturated rings. The summed E-state index contributed by atoms with van der Waals surface area (Å²) in [6.07, 6.45) is 1.69. The predicted molar refractivity (Wildman–Crippen MR) is 70.9 cm³/mol. The van der Waals surface area contributed by atoms with Gasteiger partial charge in [0.15, 0.2) is 0 Å². The molecule has 0 aliphatic carbocycles. The second-order valence-corrected chi connectivity index (χ2v) is 4.65. The minimum Gasteiger partial charge on any atom is -0.478 e. The van der Waals surface area contributed by atoms with Gasteiger partial charge in [-0.25, -0.2) is 4.79 Å². The number of carboxylic acid groups (broad SMARTS) is 1. The lowest BCUT2D eigenvalue weighted by Crippen LogP contribution is -2.20. The van der Waals surface area contributed by atoms with Crippen molar-refractivity contribution in [3.8, 4) is 0 Å². The molecule has 0 saturated heterocycles. The number of nitrogens with zero attached hydrogens (tertiary/aromatic N) is 1. The van der Waals surface area contributed by atoms with Gasteiger partial charge in [-0.1, -0.05) is 12.1 Å². The number of halogens is 1. The first kappa shape index (κ1) is 12.6. The van der Waals surface area contributed by atoms with E-state index in [1.54, 1.807) is 35.0 Å². The number of aromatic carboxylic acids is 1. The number of carboxylic acids is 1. The molecule has 0 radical (unpaired) electrons. The number of hydrogen-bond donors (Lipinski definition) is 1. The molecule has 2 aromatic rings. The Kier molecular flexibility index (Phi) is 3.62. The van der Waals surface area contributed by atoms with E-state index < -0.39 is 5.97 Å². The normalized spacial score (nSPS) is 10.3. The fourth-order valence-corrected chi connectivity index (χ4v) is 1.96. The van der Waals surface area contributed by atoms with Crippen LogP contribution in [0.25, 0.3) is 0 Å². The van der Waals surface area contributed by atoms with Crippen LogP contribution in [0.3, 0.4) is 0 Å². The average molecular weight is 308 g/mol. The Bertz CT molecular complexity index is 631. The molecule has 5 heteroatoms. The van der Waals surface area contributed by atoms with Crippen LogP contribution < -0.4 is 5.56 Å². The van der Waals surface area contributed by atoms with Crippen molar-refractivity contribution in [3.05, 3.63) is 68.5 Å². The topological polar surface area (TPSA) is 59.3 Å². The SMILES string of the molecule is O=C(O)c1ccc(Cn2cccc(Br)c2=O)cc1. The van der Waals surface area contributed by atoms with Crippen LogP contribution in [0, 0.1) is 0 Å². The van der Waals surface area contributed by atoms with Crippen LogP contribution in [0.1, 0.15) is 15.9 Å². The second kappa shape index (κ2) is 5.18. The number of benzene rings is 1. The van der Waals surface area contributed by atoms with Crippen LogP contribution in [-0.4, -0.2) is 15.6 Å². The number of rotatable bonds is 3. The molecule has 1 heterocycles. The second-order valence-electron chi connectivity index (χ2n) is 3.79. The third-order valence-corrected chi connectivity index (χ3v) is 3.13.